The molecule has 0 bridgehead atoms. The van der Waals surface area contributed by atoms with Crippen LogP contribution >= 0.6 is 0 Å². The number of aromatic nitrogens is 2. The summed E-state index contributed by atoms with van der Waals surface area (Å²) in [6, 6.07) is 9.29. The van der Waals surface area contributed by atoms with Gasteiger partial charge in [-0.1, -0.05) is 25.1 Å². The summed E-state index contributed by atoms with van der Waals surface area (Å²) in [6.07, 6.45) is 4.17. The number of rotatable bonds is 4. The van der Waals surface area contributed by atoms with Gasteiger partial charge in [0.25, 0.3) is 5.91 Å². The Morgan fingerprint density at radius 1 is 1.25 bits per heavy atom. The topological polar surface area (TPSA) is 75.4 Å². The Hall–Kier alpha value is -2.63. The lowest BCUT2D eigenvalue weighted by atomic mass is 9.90. The molecule has 0 aliphatic carbocycles. The predicted octanol–water partition coefficient (Wildman–Crippen LogP) is 2.11. The highest BCUT2D eigenvalue weighted by Crippen LogP contribution is 2.24. The van der Waals surface area contributed by atoms with Crippen LogP contribution in [0.3, 0.4) is 0 Å². The van der Waals surface area contributed by atoms with E-state index in [4.69, 9.17) is 0 Å². The molecule has 0 saturated carbocycles. The maximum Gasteiger partial charge on any atom is 0.308 e. The van der Waals surface area contributed by atoms with Crippen molar-refractivity contribution in [2.45, 2.75) is 19.9 Å². The van der Waals surface area contributed by atoms with Gasteiger partial charge in [-0.3, -0.25) is 14.3 Å². The van der Waals surface area contributed by atoms with Gasteiger partial charge >= 0.3 is 5.97 Å². The molecule has 1 N–H and O–H groups in total. The van der Waals surface area contributed by atoms with Crippen molar-refractivity contribution < 1.29 is 14.7 Å². The van der Waals surface area contributed by atoms with Crippen molar-refractivity contribution in [2.24, 2.45) is 11.8 Å². The van der Waals surface area contributed by atoms with Gasteiger partial charge in [-0.05, 0) is 30.0 Å². The first-order valence-electron chi connectivity index (χ1n) is 8.12. The van der Waals surface area contributed by atoms with Gasteiger partial charge < -0.3 is 10.0 Å². The molecule has 0 spiro atoms. The number of likely N-dealkylation sites (tertiary alicyclic amines) is 1. The summed E-state index contributed by atoms with van der Waals surface area (Å²) >= 11 is 0. The minimum atomic E-state index is -0.829. The van der Waals surface area contributed by atoms with Crippen LogP contribution in [0.15, 0.2) is 42.7 Å². The number of amides is 1. The number of nitrogens with zero attached hydrogens (tertiary/aromatic N) is 3. The largest absolute Gasteiger partial charge is 0.481 e. The number of carbonyl (C=O) groups is 2. The zero-order chi connectivity index (χ0) is 17.1. The molecule has 0 radical (unpaired) electrons. The maximum absolute atomic E-state index is 13.0. The molecule has 3 rings (SSSR count). The predicted molar refractivity (Wildman–Crippen MR) is 88.6 cm³/mol. The minimum absolute atomic E-state index is 0.101. The highest BCUT2D eigenvalue weighted by Gasteiger charge is 2.32. The Bertz CT molecular complexity index is 727. The van der Waals surface area contributed by atoms with Crippen molar-refractivity contribution in [1.29, 1.82) is 0 Å². The summed E-state index contributed by atoms with van der Waals surface area (Å²) in [6.45, 7) is 3.37. The Kier molecular flexibility index (Phi) is 4.64. The molecule has 24 heavy (non-hydrogen) atoms. The molecule has 1 aliphatic rings. The van der Waals surface area contributed by atoms with Crippen molar-refractivity contribution in [1.82, 2.24) is 14.7 Å². The van der Waals surface area contributed by atoms with E-state index in [1.165, 1.54) is 0 Å². The molecule has 2 heterocycles. The number of hydrogen-bond acceptors (Lipinski definition) is 3. The number of carboxylic acids is 1. The first-order valence-corrected chi connectivity index (χ1v) is 8.12. The number of benzene rings is 1. The van der Waals surface area contributed by atoms with Crippen molar-refractivity contribution in [3.8, 4) is 0 Å². The third kappa shape index (κ3) is 3.48. The first kappa shape index (κ1) is 16.2. The average Bonchev–Trinajstić information content (AvgIpc) is 3.07. The minimum Gasteiger partial charge on any atom is -0.481 e. The lowest BCUT2D eigenvalue weighted by molar-refractivity contribution is -0.143. The van der Waals surface area contributed by atoms with Crippen LogP contribution in [0.25, 0.3) is 0 Å². The molecule has 6 heteroatoms. The summed E-state index contributed by atoms with van der Waals surface area (Å²) in [7, 11) is 0. The molecule has 2 unspecified atom stereocenters. The van der Waals surface area contributed by atoms with Crippen LogP contribution in [0.5, 0.6) is 0 Å². The second-order valence-corrected chi connectivity index (χ2v) is 6.45. The van der Waals surface area contributed by atoms with E-state index in [1.54, 1.807) is 21.8 Å². The van der Waals surface area contributed by atoms with Crippen LogP contribution in [0.1, 0.15) is 29.3 Å². The second-order valence-electron chi connectivity index (χ2n) is 6.45. The number of piperidine rings is 1. The SMILES string of the molecule is CC1CC(C(=O)O)CN(C(=O)c2ccccc2Cn2cccn2)C1. The zero-order valence-electron chi connectivity index (χ0n) is 13.6. The summed E-state index contributed by atoms with van der Waals surface area (Å²) in [5, 5.41) is 13.5. The molecular formula is C18H21N3O3. The van der Waals surface area contributed by atoms with Crippen molar-refractivity contribution in [3.63, 3.8) is 0 Å². The van der Waals surface area contributed by atoms with Crippen LogP contribution < -0.4 is 0 Å². The molecule has 126 valence electrons. The summed E-state index contributed by atoms with van der Waals surface area (Å²) in [5.41, 5.74) is 1.50. The van der Waals surface area contributed by atoms with Crippen LogP contribution in [0, 0.1) is 11.8 Å². The van der Waals surface area contributed by atoms with E-state index in [9.17, 15) is 14.7 Å². The van der Waals surface area contributed by atoms with Crippen molar-refractivity contribution in [3.05, 3.63) is 53.9 Å². The summed E-state index contributed by atoms with van der Waals surface area (Å²) < 4.78 is 1.77. The normalized spacial score (nSPS) is 20.8. The Balaban J connectivity index is 1.83. The highest BCUT2D eigenvalue weighted by atomic mass is 16.4. The lowest BCUT2D eigenvalue weighted by Crippen LogP contribution is -2.45. The molecule has 1 aliphatic heterocycles. The van der Waals surface area contributed by atoms with Gasteiger partial charge in [-0.25, -0.2) is 0 Å². The number of hydrogen-bond donors (Lipinski definition) is 1. The van der Waals surface area contributed by atoms with Gasteiger partial charge in [0.2, 0.25) is 0 Å². The van der Waals surface area contributed by atoms with E-state index < -0.39 is 11.9 Å². The Morgan fingerprint density at radius 3 is 2.75 bits per heavy atom. The Morgan fingerprint density at radius 2 is 2.04 bits per heavy atom. The fourth-order valence-corrected chi connectivity index (χ4v) is 3.30. The molecule has 6 nitrogen and oxygen atoms in total. The van der Waals surface area contributed by atoms with Gasteiger partial charge in [0.05, 0.1) is 12.5 Å². The monoisotopic (exact) mass is 327 g/mol. The maximum atomic E-state index is 13.0. The van der Waals surface area contributed by atoms with E-state index in [2.05, 4.69) is 5.10 Å². The van der Waals surface area contributed by atoms with E-state index in [-0.39, 0.29) is 18.4 Å². The third-order valence-corrected chi connectivity index (χ3v) is 4.44. The lowest BCUT2D eigenvalue weighted by Gasteiger charge is -2.35. The van der Waals surface area contributed by atoms with Crippen LogP contribution in [-0.2, 0) is 11.3 Å². The zero-order valence-corrected chi connectivity index (χ0v) is 13.6. The second kappa shape index (κ2) is 6.86. The average molecular weight is 327 g/mol. The van der Waals surface area contributed by atoms with Gasteiger partial charge in [-0.2, -0.15) is 5.10 Å². The molecule has 1 fully saturated rings. The number of aliphatic carboxylic acids is 1. The molecular weight excluding hydrogens is 306 g/mol. The quantitative estimate of drug-likeness (QED) is 0.933. The molecule has 1 saturated heterocycles. The van der Waals surface area contributed by atoms with Crippen LogP contribution in [0.4, 0.5) is 0 Å². The van der Waals surface area contributed by atoms with Crippen molar-refractivity contribution >= 4 is 11.9 Å². The molecule has 1 aromatic heterocycles. The highest BCUT2D eigenvalue weighted by molar-refractivity contribution is 5.96. The van der Waals surface area contributed by atoms with Gasteiger partial charge in [0, 0.05) is 31.0 Å². The van der Waals surface area contributed by atoms with E-state index in [1.807, 2.05) is 37.4 Å². The van der Waals surface area contributed by atoms with E-state index in [0.29, 0.717) is 25.1 Å². The van der Waals surface area contributed by atoms with Gasteiger partial charge in [-0.15, -0.1) is 0 Å². The van der Waals surface area contributed by atoms with Gasteiger partial charge in [0.15, 0.2) is 0 Å². The molecule has 2 aromatic rings. The third-order valence-electron chi connectivity index (χ3n) is 4.44. The standard InChI is InChI=1S/C18H21N3O3/c1-13-9-15(18(23)24)11-20(10-13)17(22)16-6-3-2-5-14(16)12-21-8-4-7-19-21/h2-8,13,15H,9-12H2,1H3,(H,23,24). The summed E-state index contributed by atoms with van der Waals surface area (Å²) in [4.78, 5) is 26.0. The first-order chi connectivity index (χ1) is 11.5. The smallest absolute Gasteiger partial charge is 0.308 e. The fourth-order valence-electron chi connectivity index (χ4n) is 3.30. The van der Waals surface area contributed by atoms with E-state index in [0.717, 1.165) is 5.56 Å². The molecule has 2 atom stereocenters. The van der Waals surface area contributed by atoms with Crippen molar-refractivity contribution in [2.75, 3.05) is 13.1 Å². The van der Waals surface area contributed by atoms with Crippen LogP contribution in [-0.4, -0.2) is 44.8 Å². The molecule has 1 aromatic carbocycles. The van der Waals surface area contributed by atoms with Gasteiger partial charge in [0.1, 0.15) is 0 Å². The van der Waals surface area contributed by atoms with E-state index >= 15 is 0 Å². The number of carboxylic acid groups (broad SMARTS) is 1. The van der Waals surface area contributed by atoms with Crippen LogP contribution in [0.2, 0.25) is 0 Å². The summed E-state index contributed by atoms with van der Waals surface area (Å²) in [5.74, 6) is -1.24. The Labute approximate surface area is 140 Å². The fraction of sp³-hybridized carbons (Fsp3) is 0.389. The molecule has 1 amide bonds. The number of carbonyl (C=O) groups excluding carboxylic acids is 1.